The molecule has 3 heterocycles. The van der Waals surface area contributed by atoms with Crippen molar-refractivity contribution >= 4 is 11.8 Å². The Hall–Kier alpha value is -2.77. The van der Waals surface area contributed by atoms with E-state index in [4.69, 9.17) is 4.52 Å². The Bertz CT molecular complexity index is 818. The first-order valence-corrected chi connectivity index (χ1v) is 9.41. The fraction of sp³-hybridized carbons (Fsp3) is 0.526. The zero-order chi connectivity index (χ0) is 18.8. The van der Waals surface area contributed by atoms with Crippen LogP contribution in [0.4, 0.5) is 0 Å². The summed E-state index contributed by atoms with van der Waals surface area (Å²) in [6.45, 7) is 3.27. The van der Waals surface area contributed by atoms with Gasteiger partial charge in [-0.15, -0.1) is 0 Å². The molecule has 1 saturated carbocycles. The quantitative estimate of drug-likeness (QED) is 0.818. The van der Waals surface area contributed by atoms with Crippen molar-refractivity contribution in [2.75, 3.05) is 19.6 Å². The van der Waals surface area contributed by atoms with Crippen molar-refractivity contribution in [3.05, 3.63) is 41.8 Å². The topological polar surface area (TPSA) is 92.4 Å². The molecule has 142 valence electrons. The highest BCUT2D eigenvalue weighted by atomic mass is 16.5. The molecule has 1 aliphatic heterocycles. The Morgan fingerprint density at radius 3 is 2.81 bits per heavy atom. The molecule has 0 spiro atoms. The van der Waals surface area contributed by atoms with E-state index in [2.05, 4.69) is 15.1 Å². The van der Waals surface area contributed by atoms with Gasteiger partial charge in [0.05, 0.1) is 12.1 Å². The first-order chi connectivity index (χ1) is 13.1. The molecule has 8 heteroatoms. The number of hydrogen-bond acceptors (Lipinski definition) is 6. The highest BCUT2D eigenvalue weighted by molar-refractivity contribution is 5.94. The van der Waals surface area contributed by atoms with Crippen LogP contribution in [0.25, 0.3) is 0 Å². The van der Waals surface area contributed by atoms with Crippen LogP contribution in [0.5, 0.6) is 0 Å². The molecule has 2 aromatic heterocycles. The highest BCUT2D eigenvalue weighted by Gasteiger charge is 2.36. The molecule has 1 saturated heterocycles. The van der Waals surface area contributed by atoms with Crippen LogP contribution in [0.2, 0.25) is 0 Å². The Morgan fingerprint density at radius 2 is 2.15 bits per heavy atom. The van der Waals surface area contributed by atoms with E-state index in [0.29, 0.717) is 55.7 Å². The van der Waals surface area contributed by atoms with E-state index in [0.717, 1.165) is 12.8 Å². The molecule has 1 aliphatic carbocycles. The van der Waals surface area contributed by atoms with Crippen molar-refractivity contribution in [2.45, 2.75) is 38.6 Å². The molecule has 2 fully saturated rings. The number of hydrogen-bond donors (Lipinski definition) is 0. The van der Waals surface area contributed by atoms with Gasteiger partial charge in [-0.25, -0.2) is 0 Å². The molecule has 1 atom stereocenters. The van der Waals surface area contributed by atoms with Gasteiger partial charge >= 0.3 is 0 Å². The number of rotatable bonds is 4. The van der Waals surface area contributed by atoms with Crippen LogP contribution in [-0.2, 0) is 4.79 Å². The molecular formula is C19H23N5O3. The predicted octanol–water partition coefficient (Wildman–Crippen LogP) is 1.99. The maximum atomic E-state index is 13.1. The van der Waals surface area contributed by atoms with Crippen LogP contribution < -0.4 is 0 Å². The molecule has 2 aromatic rings. The van der Waals surface area contributed by atoms with Crippen molar-refractivity contribution < 1.29 is 14.1 Å². The minimum atomic E-state index is -0.454. The SMILES string of the molecule is Cc1noc(C2CN(C(=O)CC3CC3)CCCN2C(=O)c2cccnc2)n1. The zero-order valence-corrected chi connectivity index (χ0v) is 15.4. The van der Waals surface area contributed by atoms with E-state index < -0.39 is 6.04 Å². The molecular weight excluding hydrogens is 346 g/mol. The van der Waals surface area contributed by atoms with Crippen molar-refractivity contribution in [1.82, 2.24) is 24.9 Å². The molecule has 1 unspecified atom stereocenters. The maximum Gasteiger partial charge on any atom is 0.256 e. The lowest BCUT2D eigenvalue weighted by Gasteiger charge is -2.29. The molecule has 0 radical (unpaired) electrons. The molecule has 0 bridgehead atoms. The van der Waals surface area contributed by atoms with E-state index in [1.165, 1.54) is 0 Å². The molecule has 27 heavy (non-hydrogen) atoms. The molecule has 0 aromatic carbocycles. The Labute approximate surface area is 157 Å². The summed E-state index contributed by atoms with van der Waals surface area (Å²) in [4.78, 5) is 37.7. The van der Waals surface area contributed by atoms with Gasteiger partial charge in [-0.2, -0.15) is 4.98 Å². The second-order valence-corrected chi connectivity index (χ2v) is 7.28. The average Bonchev–Trinajstić information content (AvgIpc) is 3.44. The Morgan fingerprint density at radius 1 is 1.30 bits per heavy atom. The number of pyridine rings is 1. The minimum absolute atomic E-state index is 0.138. The summed E-state index contributed by atoms with van der Waals surface area (Å²) in [5, 5.41) is 3.88. The Kier molecular flexibility index (Phi) is 4.87. The van der Waals surface area contributed by atoms with Gasteiger partial charge in [0.25, 0.3) is 11.8 Å². The van der Waals surface area contributed by atoms with Gasteiger partial charge in [-0.3, -0.25) is 14.6 Å². The predicted molar refractivity (Wildman–Crippen MR) is 95.6 cm³/mol. The second-order valence-electron chi connectivity index (χ2n) is 7.28. The number of carbonyl (C=O) groups is 2. The van der Waals surface area contributed by atoms with Crippen LogP contribution in [0.1, 0.15) is 53.8 Å². The van der Waals surface area contributed by atoms with Crippen LogP contribution in [-0.4, -0.2) is 56.4 Å². The lowest BCUT2D eigenvalue weighted by molar-refractivity contribution is -0.132. The normalized spacial score (nSPS) is 20.4. The summed E-state index contributed by atoms with van der Waals surface area (Å²) in [5.74, 6) is 1.42. The van der Waals surface area contributed by atoms with Crippen LogP contribution in [0.15, 0.2) is 29.0 Å². The van der Waals surface area contributed by atoms with Crippen molar-refractivity contribution in [1.29, 1.82) is 0 Å². The van der Waals surface area contributed by atoms with Gasteiger partial charge in [-0.05, 0) is 44.2 Å². The number of aryl methyl sites for hydroxylation is 1. The fourth-order valence-electron chi connectivity index (χ4n) is 3.47. The summed E-state index contributed by atoms with van der Waals surface area (Å²) in [6, 6.07) is 3.03. The zero-order valence-electron chi connectivity index (χ0n) is 15.4. The van der Waals surface area contributed by atoms with Gasteiger partial charge in [-0.1, -0.05) is 5.16 Å². The van der Waals surface area contributed by atoms with Gasteiger partial charge in [0, 0.05) is 31.9 Å². The van der Waals surface area contributed by atoms with E-state index in [1.807, 2.05) is 4.90 Å². The molecule has 2 aliphatic rings. The van der Waals surface area contributed by atoms with Gasteiger partial charge in [0.1, 0.15) is 6.04 Å². The van der Waals surface area contributed by atoms with Crippen molar-refractivity contribution in [2.24, 2.45) is 5.92 Å². The summed E-state index contributed by atoms with van der Waals surface area (Å²) in [7, 11) is 0. The van der Waals surface area contributed by atoms with Crippen molar-refractivity contribution in [3.63, 3.8) is 0 Å². The third-order valence-electron chi connectivity index (χ3n) is 5.11. The van der Waals surface area contributed by atoms with E-state index in [9.17, 15) is 9.59 Å². The van der Waals surface area contributed by atoms with Gasteiger partial charge < -0.3 is 14.3 Å². The van der Waals surface area contributed by atoms with Gasteiger partial charge in [0.15, 0.2) is 5.82 Å². The largest absolute Gasteiger partial charge is 0.340 e. The summed E-state index contributed by atoms with van der Waals surface area (Å²) >= 11 is 0. The standard InChI is InChI=1S/C19H23N5O3/c1-13-21-18(27-22-13)16-12-23(17(25)10-14-5-6-14)8-3-9-24(16)19(26)15-4-2-7-20-11-15/h2,4,7,11,14,16H,3,5-6,8-10,12H2,1H3. The van der Waals surface area contributed by atoms with E-state index >= 15 is 0 Å². The van der Waals surface area contributed by atoms with Crippen molar-refractivity contribution in [3.8, 4) is 0 Å². The van der Waals surface area contributed by atoms with Gasteiger partial charge in [0.2, 0.25) is 5.91 Å². The first-order valence-electron chi connectivity index (χ1n) is 9.41. The lowest BCUT2D eigenvalue weighted by Crippen LogP contribution is -2.40. The second kappa shape index (κ2) is 7.46. The number of amides is 2. The number of carbonyl (C=O) groups excluding carboxylic acids is 2. The third-order valence-corrected chi connectivity index (χ3v) is 5.11. The summed E-state index contributed by atoms with van der Waals surface area (Å²) < 4.78 is 5.39. The van der Waals surface area contributed by atoms with Crippen LogP contribution in [0.3, 0.4) is 0 Å². The fourth-order valence-corrected chi connectivity index (χ4v) is 3.47. The maximum absolute atomic E-state index is 13.1. The number of nitrogens with zero attached hydrogens (tertiary/aromatic N) is 5. The van der Waals surface area contributed by atoms with Crippen LogP contribution >= 0.6 is 0 Å². The molecule has 0 N–H and O–H groups in total. The minimum Gasteiger partial charge on any atom is -0.340 e. The smallest absolute Gasteiger partial charge is 0.256 e. The lowest BCUT2D eigenvalue weighted by atomic mass is 10.1. The van der Waals surface area contributed by atoms with E-state index in [-0.39, 0.29) is 11.8 Å². The van der Waals surface area contributed by atoms with Crippen LogP contribution in [0, 0.1) is 12.8 Å². The summed E-state index contributed by atoms with van der Waals surface area (Å²) in [6.07, 6.45) is 6.77. The third kappa shape index (κ3) is 3.99. The molecule has 8 nitrogen and oxygen atoms in total. The first kappa shape index (κ1) is 17.6. The summed E-state index contributed by atoms with van der Waals surface area (Å²) in [5.41, 5.74) is 0.511. The number of aromatic nitrogens is 3. The molecule has 4 rings (SSSR count). The average molecular weight is 369 g/mol. The highest BCUT2D eigenvalue weighted by Crippen LogP contribution is 2.34. The molecule has 2 amide bonds. The van der Waals surface area contributed by atoms with E-state index in [1.54, 1.807) is 36.4 Å². The monoisotopic (exact) mass is 369 g/mol. The Balaban J connectivity index is 1.60.